The number of hydrogen-bond acceptors (Lipinski definition) is 4. The van der Waals surface area contributed by atoms with Gasteiger partial charge in [-0.05, 0) is 36.2 Å². The normalized spacial score (nSPS) is 13.1. The number of carbonyl (C=O) groups excluding carboxylic acids is 2. The first-order valence-electron chi connectivity index (χ1n) is 10.6. The van der Waals surface area contributed by atoms with Crippen molar-refractivity contribution in [1.82, 2.24) is 15.1 Å². The summed E-state index contributed by atoms with van der Waals surface area (Å²) in [5.74, 6) is 0.829. The zero-order valence-corrected chi connectivity index (χ0v) is 17.7. The number of para-hydroxylation sites is 1. The van der Waals surface area contributed by atoms with Gasteiger partial charge in [-0.1, -0.05) is 30.3 Å². The van der Waals surface area contributed by atoms with Crippen LogP contribution in [0.15, 0.2) is 66.9 Å². The third-order valence-electron chi connectivity index (χ3n) is 5.52. The molecule has 0 bridgehead atoms. The maximum absolute atomic E-state index is 12.4. The van der Waals surface area contributed by atoms with Crippen molar-refractivity contribution in [3.63, 3.8) is 0 Å². The molecule has 1 N–H and O–H groups in total. The fourth-order valence-electron chi connectivity index (χ4n) is 3.74. The second kappa shape index (κ2) is 9.47. The molecule has 0 fully saturated rings. The van der Waals surface area contributed by atoms with Crippen molar-refractivity contribution >= 4 is 23.3 Å². The van der Waals surface area contributed by atoms with E-state index < -0.39 is 0 Å². The molecule has 2 heterocycles. The Hall–Kier alpha value is -3.61. The first-order valence-corrected chi connectivity index (χ1v) is 10.6. The maximum atomic E-state index is 12.4. The first kappa shape index (κ1) is 20.7. The van der Waals surface area contributed by atoms with E-state index in [1.165, 1.54) is 5.69 Å². The number of aromatic nitrogens is 2. The molecule has 0 saturated carbocycles. The Labute approximate surface area is 182 Å². The topological polar surface area (TPSA) is 70.5 Å². The van der Waals surface area contributed by atoms with Gasteiger partial charge in [-0.2, -0.15) is 5.10 Å². The number of nitrogens with zero attached hydrogens (tertiary/aromatic N) is 4. The van der Waals surface area contributed by atoms with Crippen LogP contribution >= 0.6 is 0 Å². The summed E-state index contributed by atoms with van der Waals surface area (Å²) in [6, 6.07) is 19.5. The van der Waals surface area contributed by atoms with E-state index in [9.17, 15) is 9.59 Å². The smallest absolute Gasteiger partial charge is 0.251 e. The van der Waals surface area contributed by atoms with Gasteiger partial charge in [0.15, 0.2) is 0 Å². The third-order valence-corrected chi connectivity index (χ3v) is 5.52. The van der Waals surface area contributed by atoms with Crippen LogP contribution in [-0.2, 0) is 17.9 Å². The highest BCUT2D eigenvalue weighted by Gasteiger charge is 2.24. The minimum absolute atomic E-state index is 0.0824. The van der Waals surface area contributed by atoms with E-state index in [-0.39, 0.29) is 11.8 Å². The SMILES string of the molecule is CN(CCCNC(=O)c1ccc(CN2C(=O)CCn3nccc32)cc1)c1ccccc1. The molecular weight excluding hydrogens is 390 g/mol. The van der Waals surface area contributed by atoms with Crippen LogP contribution in [0.5, 0.6) is 0 Å². The van der Waals surface area contributed by atoms with Crippen molar-refractivity contribution in [3.05, 3.63) is 78.0 Å². The van der Waals surface area contributed by atoms with Crippen molar-refractivity contribution in [2.45, 2.75) is 25.9 Å². The van der Waals surface area contributed by atoms with Crippen molar-refractivity contribution in [2.24, 2.45) is 0 Å². The lowest BCUT2D eigenvalue weighted by atomic mass is 10.1. The summed E-state index contributed by atoms with van der Waals surface area (Å²) in [5, 5.41) is 7.23. The number of carbonyl (C=O) groups is 2. The summed E-state index contributed by atoms with van der Waals surface area (Å²) < 4.78 is 1.85. The molecule has 0 atom stereocenters. The number of fused-ring (bicyclic) bond motifs is 1. The van der Waals surface area contributed by atoms with Crippen molar-refractivity contribution in [3.8, 4) is 0 Å². The Morgan fingerprint density at radius 3 is 2.65 bits per heavy atom. The fraction of sp³-hybridized carbons (Fsp3) is 0.292. The van der Waals surface area contributed by atoms with Gasteiger partial charge in [-0.15, -0.1) is 0 Å². The zero-order valence-electron chi connectivity index (χ0n) is 17.7. The number of benzene rings is 2. The monoisotopic (exact) mass is 417 g/mol. The number of anilines is 2. The van der Waals surface area contributed by atoms with Crippen molar-refractivity contribution in [1.29, 1.82) is 0 Å². The molecule has 3 aromatic rings. The average molecular weight is 418 g/mol. The van der Waals surface area contributed by atoms with Gasteiger partial charge in [-0.25, -0.2) is 4.68 Å². The maximum Gasteiger partial charge on any atom is 0.251 e. The summed E-state index contributed by atoms with van der Waals surface area (Å²) >= 11 is 0. The highest BCUT2D eigenvalue weighted by atomic mass is 16.2. The molecule has 0 unspecified atom stereocenters. The van der Waals surface area contributed by atoms with Crippen LogP contribution in [0, 0.1) is 0 Å². The van der Waals surface area contributed by atoms with E-state index in [1.54, 1.807) is 11.1 Å². The highest BCUT2D eigenvalue weighted by molar-refractivity contribution is 5.95. The highest BCUT2D eigenvalue weighted by Crippen LogP contribution is 2.23. The van der Waals surface area contributed by atoms with Crippen LogP contribution in [0.4, 0.5) is 11.5 Å². The minimum atomic E-state index is -0.0824. The summed E-state index contributed by atoms with van der Waals surface area (Å²) in [5.41, 5.74) is 2.76. The number of aryl methyl sites for hydroxylation is 1. The summed E-state index contributed by atoms with van der Waals surface area (Å²) in [6.07, 6.45) is 3.03. The lowest BCUT2D eigenvalue weighted by Crippen LogP contribution is -2.36. The van der Waals surface area contributed by atoms with Gasteiger partial charge in [0.05, 0.1) is 19.3 Å². The molecule has 4 rings (SSSR count). The van der Waals surface area contributed by atoms with Crippen LogP contribution in [0.2, 0.25) is 0 Å². The van der Waals surface area contributed by atoms with Gasteiger partial charge in [0, 0.05) is 43.9 Å². The number of amides is 2. The van der Waals surface area contributed by atoms with E-state index in [1.807, 2.05) is 53.2 Å². The van der Waals surface area contributed by atoms with E-state index in [0.29, 0.717) is 31.6 Å². The van der Waals surface area contributed by atoms with Crippen molar-refractivity contribution < 1.29 is 9.59 Å². The molecule has 0 radical (unpaired) electrons. The number of nitrogens with one attached hydrogen (secondary N) is 1. The molecule has 1 aliphatic rings. The van der Waals surface area contributed by atoms with E-state index >= 15 is 0 Å². The number of rotatable bonds is 8. The Morgan fingerprint density at radius 2 is 1.87 bits per heavy atom. The standard InChI is InChI=1S/C24H27N5O2/c1-27(21-6-3-2-4-7-21)16-5-14-25-24(31)20-10-8-19(9-11-20)18-28-22-12-15-26-29(22)17-13-23(28)30/h2-4,6-12,15H,5,13-14,16-18H2,1H3,(H,25,31). The lowest BCUT2D eigenvalue weighted by molar-refractivity contribution is -0.119. The largest absolute Gasteiger partial charge is 0.375 e. The quantitative estimate of drug-likeness (QED) is 0.572. The molecular formula is C24H27N5O2. The molecule has 1 aliphatic heterocycles. The molecule has 1 aromatic heterocycles. The third kappa shape index (κ3) is 4.94. The Bertz CT molecular complexity index is 1030. The predicted octanol–water partition coefficient (Wildman–Crippen LogP) is 3.08. The Balaban J connectivity index is 1.26. The van der Waals surface area contributed by atoms with Gasteiger partial charge in [0.2, 0.25) is 5.91 Å². The van der Waals surface area contributed by atoms with Gasteiger partial charge in [-0.3, -0.25) is 14.5 Å². The van der Waals surface area contributed by atoms with E-state index in [2.05, 4.69) is 34.5 Å². The van der Waals surface area contributed by atoms with Crippen molar-refractivity contribution in [2.75, 3.05) is 29.9 Å². The molecule has 31 heavy (non-hydrogen) atoms. The molecule has 7 heteroatoms. The molecule has 0 saturated heterocycles. The van der Waals surface area contributed by atoms with E-state index in [4.69, 9.17) is 0 Å². The van der Waals surface area contributed by atoms with Crippen LogP contribution in [0.25, 0.3) is 0 Å². The molecule has 0 aliphatic carbocycles. The minimum Gasteiger partial charge on any atom is -0.375 e. The number of hydrogen-bond donors (Lipinski definition) is 1. The Kier molecular flexibility index (Phi) is 6.31. The average Bonchev–Trinajstić information content (AvgIpc) is 3.28. The fourth-order valence-corrected chi connectivity index (χ4v) is 3.74. The van der Waals surface area contributed by atoms with Crippen LogP contribution in [0.3, 0.4) is 0 Å². The molecule has 2 amide bonds. The Morgan fingerprint density at radius 1 is 1.10 bits per heavy atom. The molecule has 160 valence electrons. The summed E-state index contributed by atoms with van der Waals surface area (Å²) in [4.78, 5) is 28.7. The van der Waals surface area contributed by atoms with Crippen LogP contribution in [-0.4, -0.2) is 41.7 Å². The molecule has 7 nitrogen and oxygen atoms in total. The molecule has 0 spiro atoms. The zero-order chi connectivity index (χ0) is 21.6. The second-order valence-corrected chi connectivity index (χ2v) is 7.71. The van der Waals surface area contributed by atoms with Crippen LogP contribution < -0.4 is 15.1 Å². The molecule has 2 aromatic carbocycles. The summed E-state index contributed by atoms with van der Waals surface area (Å²) in [7, 11) is 2.05. The predicted molar refractivity (Wildman–Crippen MR) is 121 cm³/mol. The first-order chi connectivity index (χ1) is 15.1. The van der Waals surface area contributed by atoms with Gasteiger partial charge in [0.25, 0.3) is 5.91 Å². The second-order valence-electron chi connectivity index (χ2n) is 7.71. The van der Waals surface area contributed by atoms with Gasteiger partial charge < -0.3 is 10.2 Å². The van der Waals surface area contributed by atoms with Gasteiger partial charge >= 0.3 is 0 Å². The summed E-state index contributed by atoms with van der Waals surface area (Å²) in [6.45, 7) is 2.57. The lowest BCUT2D eigenvalue weighted by Gasteiger charge is -2.27. The van der Waals surface area contributed by atoms with Crippen LogP contribution in [0.1, 0.15) is 28.8 Å². The van der Waals surface area contributed by atoms with Gasteiger partial charge in [0.1, 0.15) is 5.82 Å². The van der Waals surface area contributed by atoms with E-state index in [0.717, 1.165) is 24.3 Å².